The molecule has 2 aromatic carbocycles. The van der Waals surface area contributed by atoms with Gasteiger partial charge in [0.05, 0.1) is 5.69 Å². The number of hydrogen-bond donors (Lipinski definition) is 1. The van der Waals surface area contributed by atoms with E-state index >= 15 is 0 Å². The summed E-state index contributed by atoms with van der Waals surface area (Å²) in [7, 11) is 0. The van der Waals surface area contributed by atoms with E-state index in [2.05, 4.69) is 22.8 Å². The van der Waals surface area contributed by atoms with Gasteiger partial charge in [0.1, 0.15) is 0 Å². The van der Waals surface area contributed by atoms with Crippen molar-refractivity contribution in [1.29, 1.82) is 0 Å². The summed E-state index contributed by atoms with van der Waals surface area (Å²) in [4.78, 5) is 13.4. The molecular formula is C19H14ClNOS. The first kappa shape index (κ1) is 14.5. The molecule has 0 radical (unpaired) electrons. The minimum absolute atomic E-state index is 0.0231. The smallest absolute Gasteiger partial charge is 0.225 e. The van der Waals surface area contributed by atoms with Gasteiger partial charge in [-0.1, -0.05) is 60.1 Å². The van der Waals surface area contributed by atoms with Gasteiger partial charge in [0.2, 0.25) is 5.91 Å². The third-order valence-electron chi connectivity index (χ3n) is 4.16. The molecule has 1 atom stereocenters. The van der Waals surface area contributed by atoms with Gasteiger partial charge in [-0.25, -0.2) is 0 Å². The van der Waals surface area contributed by atoms with Gasteiger partial charge < -0.3 is 5.32 Å². The number of benzene rings is 2. The molecule has 114 valence electrons. The van der Waals surface area contributed by atoms with E-state index in [1.165, 1.54) is 4.88 Å². The molecule has 1 N–H and O–H groups in total. The molecule has 0 spiro atoms. The average molecular weight is 340 g/mol. The molecular weight excluding hydrogens is 326 g/mol. The van der Waals surface area contributed by atoms with E-state index in [9.17, 15) is 4.79 Å². The second-order valence-corrected chi connectivity index (χ2v) is 6.90. The Hall–Kier alpha value is -2.10. The monoisotopic (exact) mass is 339 g/mol. The predicted octanol–water partition coefficient (Wildman–Crippen LogP) is 5.54. The van der Waals surface area contributed by atoms with Crippen LogP contribution in [0.4, 0.5) is 5.69 Å². The SMILES string of the molecule is O=C1C[C@H](c2ccccc2Cl)c2scc(-c3ccccc3)c2N1. The fraction of sp³-hybridized carbons (Fsp3) is 0.105. The van der Waals surface area contributed by atoms with Gasteiger partial charge in [0.25, 0.3) is 0 Å². The van der Waals surface area contributed by atoms with Gasteiger partial charge in [0, 0.05) is 33.2 Å². The summed E-state index contributed by atoms with van der Waals surface area (Å²) in [5.74, 6) is 0.0629. The summed E-state index contributed by atoms with van der Waals surface area (Å²) >= 11 is 8.06. The molecule has 0 aliphatic carbocycles. The summed E-state index contributed by atoms with van der Waals surface area (Å²) in [6.07, 6.45) is 0.436. The van der Waals surface area contributed by atoms with Crippen molar-refractivity contribution in [3.05, 3.63) is 75.4 Å². The van der Waals surface area contributed by atoms with Gasteiger partial charge in [-0.05, 0) is 17.2 Å². The van der Waals surface area contributed by atoms with Crippen molar-refractivity contribution in [1.82, 2.24) is 0 Å². The van der Waals surface area contributed by atoms with Crippen LogP contribution in [0.1, 0.15) is 22.8 Å². The van der Waals surface area contributed by atoms with Gasteiger partial charge in [-0.15, -0.1) is 11.3 Å². The molecule has 23 heavy (non-hydrogen) atoms. The normalized spacial score (nSPS) is 16.7. The van der Waals surface area contributed by atoms with Gasteiger partial charge in [-0.3, -0.25) is 4.79 Å². The minimum atomic E-state index is 0.0231. The lowest BCUT2D eigenvalue weighted by Crippen LogP contribution is -2.22. The third-order valence-corrected chi connectivity index (χ3v) is 5.60. The molecule has 0 unspecified atom stereocenters. The highest BCUT2D eigenvalue weighted by molar-refractivity contribution is 7.11. The van der Waals surface area contributed by atoms with Crippen LogP contribution in [0.5, 0.6) is 0 Å². The maximum Gasteiger partial charge on any atom is 0.225 e. The fourth-order valence-corrected chi connectivity index (χ4v) is 4.49. The number of rotatable bonds is 2. The van der Waals surface area contributed by atoms with Crippen molar-refractivity contribution in [2.24, 2.45) is 0 Å². The summed E-state index contributed by atoms with van der Waals surface area (Å²) in [6.45, 7) is 0. The number of nitrogens with one attached hydrogen (secondary N) is 1. The van der Waals surface area contributed by atoms with E-state index in [-0.39, 0.29) is 11.8 Å². The molecule has 1 amide bonds. The molecule has 0 saturated carbocycles. The van der Waals surface area contributed by atoms with E-state index in [0.717, 1.165) is 22.4 Å². The number of anilines is 1. The van der Waals surface area contributed by atoms with Crippen LogP contribution in [-0.2, 0) is 4.79 Å². The molecule has 0 saturated heterocycles. The number of thiophene rings is 1. The first-order valence-corrected chi connectivity index (χ1v) is 8.71. The Balaban J connectivity index is 1.85. The lowest BCUT2D eigenvalue weighted by atomic mass is 9.89. The van der Waals surface area contributed by atoms with Crippen LogP contribution < -0.4 is 5.32 Å². The van der Waals surface area contributed by atoms with Crippen LogP contribution in [0.15, 0.2) is 60.0 Å². The largest absolute Gasteiger partial charge is 0.325 e. The van der Waals surface area contributed by atoms with E-state index in [1.54, 1.807) is 11.3 Å². The first-order chi connectivity index (χ1) is 11.2. The van der Waals surface area contributed by atoms with Crippen LogP contribution in [0, 0.1) is 0 Å². The second-order valence-electron chi connectivity index (χ2n) is 5.58. The number of halogens is 1. The Bertz CT molecular complexity index is 872. The fourth-order valence-electron chi connectivity index (χ4n) is 3.07. The highest BCUT2D eigenvalue weighted by Crippen LogP contribution is 2.47. The van der Waals surface area contributed by atoms with E-state index in [4.69, 9.17) is 11.6 Å². The molecule has 2 heterocycles. The maximum absolute atomic E-state index is 12.3. The summed E-state index contributed by atoms with van der Waals surface area (Å²) in [5, 5.41) is 5.89. The molecule has 1 aliphatic rings. The third kappa shape index (κ3) is 2.56. The first-order valence-electron chi connectivity index (χ1n) is 7.45. The average Bonchev–Trinajstić information content (AvgIpc) is 2.99. The Morgan fingerprint density at radius 1 is 1.04 bits per heavy atom. The van der Waals surface area contributed by atoms with E-state index in [0.29, 0.717) is 11.4 Å². The van der Waals surface area contributed by atoms with Crippen LogP contribution in [0.25, 0.3) is 11.1 Å². The highest BCUT2D eigenvalue weighted by Gasteiger charge is 2.31. The summed E-state index contributed by atoms with van der Waals surface area (Å²) in [5.41, 5.74) is 4.15. The Morgan fingerprint density at radius 2 is 1.78 bits per heavy atom. The summed E-state index contributed by atoms with van der Waals surface area (Å²) < 4.78 is 0. The van der Waals surface area contributed by atoms with Gasteiger partial charge >= 0.3 is 0 Å². The van der Waals surface area contributed by atoms with E-state index < -0.39 is 0 Å². The van der Waals surface area contributed by atoms with Crippen molar-refractivity contribution in [3.8, 4) is 11.1 Å². The Kier molecular flexibility index (Phi) is 3.68. The molecule has 1 aliphatic heterocycles. The number of fused-ring (bicyclic) bond motifs is 1. The molecule has 0 fully saturated rings. The zero-order valence-corrected chi connectivity index (χ0v) is 13.8. The summed E-state index contributed by atoms with van der Waals surface area (Å²) in [6, 6.07) is 17.9. The van der Waals surface area contributed by atoms with Crippen LogP contribution in [0.2, 0.25) is 5.02 Å². The molecule has 1 aromatic heterocycles. The Morgan fingerprint density at radius 3 is 2.57 bits per heavy atom. The minimum Gasteiger partial charge on any atom is -0.325 e. The lowest BCUT2D eigenvalue weighted by molar-refractivity contribution is -0.116. The quantitative estimate of drug-likeness (QED) is 0.652. The molecule has 4 rings (SSSR count). The van der Waals surface area contributed by atoms with Crippen molar-refractivity contribution in [2.75, 3.05) is 5.32 Å². The second kappa shape index (κ2) is 5.84. The number of carbonyl (C=O) groups is 1. The predicted molar refractivity (Wildman–Crippen MR) is 96.3 cm³/mol. The highest BCUT2D eigenvalue weighted by atomic mass is 35.5. The lowest BCUT2D eigenvalue weighted by Gasteiger charge is -2.24. The molecule has 2 nitrogen and oxygen atoms in total. The number of carbonyl (C=O) groups excluding carboxylic acids is 1. The molecule has 4 heteroatoms. The van der Waals surface area contributed by atoms with Gasteiger partial charge in [-0.2, -0.15) is 0 Å². The topological polar surface area (TPSA) is 29.1 Å². The van der Waals surface area contributed by atoms with Crippen LogP contribution >= 0.6 is 22.9 Å². The zero-order chi connectivity index (χ0) is 15.8. The van der Waals surface area contributed by atoms with Gasteiger partial charge in [0.15, 0.2) is 0 Å². The van der Waals surface area contributed by atoms with Crippen LogP contribution in [-0.4, -0.2) is 5.91 Å². The van der Waals surface area contributed by atoms with Crippen molar-refractivity contribution in [3.63, 3.8) is 0 Å². The maximum atomic E-state index is 12.3. The van der Waals surface area contributed by atoms with Crippen LogP contribution in [0.3, 0.4) is 0 Å². The van der Waals surface area contributed by atoms with Crippen molar-refractivity contribution >= 4 is 34.5 Å². The van der Waals surface area contributed by atoms with Crippen molar-refractivity contribution in [2.45, 2.75) is 12.3 Å². The number of amides is 1. The number of hydrogen-bond acceptors (Lipinski definition) is 2. The molecule has 3 aromatic rings. The van der Waals surface area contributed by atoms with Crippen molar-refractivity contribution < 1.29 is 4.79 Å². The van der Waals surface area contributed by atoms with E-state index in [1.807, 2.05) is 42.5 Å². The zero-order valence-electron chi connectivity index (χ0n) is 12.3. The standard InChI is InChI=1S/C19H14ClNOS/c20-16-9-5-4-8-13(16)14-10-17(22)21-18-15(11-23-19(14)18)12-6-2-1-3-7-12/h1-9,11,14H,10H2,(H,21,22)/t14-/m1/s1. The Labute approximate surface area is 143 Å². The molecule has 0 bridgehead atoms.